The number of hydrogen-bond acceptors (Lipinski definition) is 4. The lowest BCUT2D eigenvalue weighted by Gasteiger charge is -2.29. The second-order valence-electron chi connectivity index (χ2n) is 4.74. The van der Waals surface area contributed by atoms with Crippen LogP contribution in [0.1, 0.15) is 0 Å². The van der Waals surface area contributed by atoms with Gasteiger partial charge in [-0.05, 0) is 36.4 Å². The van der Waals surface area contributed by atoms with E-state index in [4.69, 9.17) is 4.74 Å². The van der Waals surface area contributed by atoms with Gasteiger partial charge in [0, 0.05) is 30.7 Å². The Morgan fingerprint density at radius 3 is 2.37 bits per heavy atom. The molecule has 1 aromatic carbocycles. The number of morpholine rings is 1. The van der Waals surface area contributed by atoms with Crippen LogP contribution in [0, 0.1) is 0 Å². The zero-order valence-corrected chi connectivity index (χ0v) is 10.8. The molecule has 3 rings (SSSR count). The Kier molecular flexibility index (Phi) is 3.42. The van der Waals surface area contributed by atoms with Crippen LogP contribution in [0.4, 0.5) is 11.4 Å². The van der Waals surface area contributed by atoms with Gasteiger partial charge in [0.2, 0.25) is 0 Å². The average molecular weight is 258 g/mol. The molecule has 4 nitrogen and oxygen atoms in total. The standard InChI is InChI=1S/C15H18N2O2/c18-15-2-1-7-17(12-15)14-5-3-13(4-6-14)16-8-10-19-11-9-16/h1-7,18H,8-12H2. The van der Waals surface area contributed by atoms with Crippen molar-refractivity contribution in [2.45, 2.75) is 0 Å². The van der Waals surface area contributed by atoms with Crippen molar-refractivity contribution >= 4 is 11.4 Å². The summed E-state index contributed by atoms with van der Waals surface area (Å²) in [7, 11) is 0. The maximum atomic E-state index is 9.55. The summed E-state index contributed by atoms with van der Waals surface area (Å²) in [5.41, 5.74) is 2.32. The summed E-state index contributed by atoms with van der Waals surface area (Å²) in [6.45, 7) is 4.04. The summed E-state index contributed by atoms with van der Waals surface area (Å²) in [6.07, 6.45) is 5.55. The fourth-order valence-electron chi connectivity index (χ4n) is 2.39. The van der Waals surface area contributed by atoms with E-state index in [-0.39, 0.29) is 0 Å². The lowest BCUT2D eigenvalue weighted by molar-refractivity contribution is 0.122. The summed E-state index contributed by atoms with van der Waals surface area (Å²) in [5.74, 6) is 0.389. The highest BCUT2D eigenvalue weighted by Crippen LogP contribution is 2.23. The highest BCUT2D eigenvalue weighted by molar-refractivity contribution is 5.59. The molecular formula is C15H18N2O2. The molecule has 1 saturated heterocycles. The molecule has 0 unspecified atom stereocenters. The van der Waals surface area contributed by atoms with Crippen LogP contribution in [-0.2, 0) is 4.74 Å². The zero-order chi connectivity index (χ0) is 13.1. The maximum absolute atomic E-state index is 9.55. The molecule has 4 heteroatoms. The second-order valence-corrected chi connectivity index (χ2v) is 4.74. The molecule has 0 radical (unpaired) electrons. The molecule has 0 spiro atoms. The minimum atomic E-state index is 0.389. The average Bonchev–Trinajstić information content (AvgIpc) is 2.48. The SMILES string of the molecule is OC1=CC=CN(c2ccc(N3CCOCC3)cc2)C1. The van der Waals surface area contributed by atoms with Crippen LogP contribution in [0.5, 0.6) is 0 Å². The van der Waals surface area contributed by atoms with Crippen LogP contribution in [0.25, 0.3) is 0 Å². The maximum Gasteiger partial charge on any atom is 0.112 e. The summed E-state index contributed by atoms with van der Waals surface area (Å²) in [6, 6.07) is 8.44. The molecule has 100 valence electrons. The molecule has 1 fully saturated rings. The van der Waals surface area contributed by atoms with Gasteiger partial charge in [0.15, 0.2) is 0 Å². The third-order valence-electron chi connectivity index (χ3n) is 3.44. The third-order valence-corrected chi connectivity index (χ3v) is 3.44. The van der Waals surface area contributed by atoms with Crippen LogP contribution in [0.3, 0.4) is 0 Å². The lowest BCUT2D eigenvalue weighted by Crippen LogP contribution is -2.36. The van der Waals surface area contributed by atoms with Crippen molar-refractivity contribution in [1.29, 1.82) is 0 Å². The first-order valence-corrected chi connectivity index (χ1v) is 6.59. The van der Waals surface area contributed by atoms with Crippen molar-refractivity contribution in [3.05, 3.63) is 48.4 Å². The van der Waals surface area contributed by atoms with E-state index in [1.165, 1.54) is 5.69 Å². The molecular weight excluding hydrogens is 240 g/mol. The van der Waals surface area contributed by atoms with E-state index in [0.717, 1.165) is 32.0 Å². The Bertz CT molecular complexity index is 487. The van der Waals surface area contributed by atoms with Gasteiger partial charge in [-0.1, -0.05) is 0 Å². The first kappa shape index (κ1) is 12.1. The number of nitrogens with zero attached hydrogens (tertiary/aromatic N) is 2. The van der Waals surface area contributed by atoms with Crippen molar-refractivity contribution in [3.63, 3.8) is 0 Å². The summed E-state index contributed by atoms with van der Waals surface area (Å²) < 4.78 is 5.36. The van der Waals surface area contributed by atoms with E-state index >= 15 is 0 Å². The molecule has 1 N–H and O–H groups in total. The molecule has 19 heavy (non-hydrogen) atoms. The van der Waals surface area contributed by atoms with Gasteiger partial charge in [0.1, 0.15) is 5.76 Å². The number of hydrogen-bond donors (Lipinski definition) is 1. The van der Waals surface area contributed by atoms with Crippen molar-refractivity contribution < 1.29 is 9.84 Å². The predicted molar refractivity (Wildman–Crippen MR) is 76.7 cm³/mol. The first-order valence-electron chi connectivity index (χ1n) is 6.59. The molecule has 2 aliphatic heterocycles. The van der Waals surface area contributed by atoms with E-state index < -0.39 is 0 Å². The molecule has 0 saturated carbocycles. The number of aliphatic hydroxyl groups is 1. The molecule has 0 aliphatic carbocycles. The fourth-order valence-corrected chi connectivity index (χ4v) is 2.39. The summed E-state index contributed by atoms with van der Waals surface area (Å²) >= 11 is 0. The van der Waals surface area contributed by atoms with Crippen LogP contribution in [0.15, 0.2) is 48.4 Å². The quantitative estimate of drug-likeness (QED) is 0.883. The van der Waals surface area contributed by atoms with Crippen molar-refractivity contribution in [2.24, 2.45) is 0 Å². The Labute approximate surface area is 113 Å². The summed E-state index contributed by atoms with van der Waals surface area (Å²) in [5, 5.41) is 9.55. The number of benzene rings is 1. The van der Waals surface area contributed by atoms with E-state index in [0.29, 0.717) is 12.3 Å². The third kappa shape index (κ3) is 2.74. The van der Waals surface area contributed by atoms with Crippen molar-refractivity contribution in [1.82, 2.24) is 0 Å². The molecule has 2 heterocycles. The normalized spacial score (nSPS) is 19.5. The van der Waals surface area contributed by atoms with Gasteiger partial charge in [-0.3, -0.25) is 0 Å². The number of aliphatic hydroxyl groups excluding tert-OH is 1. The van der Waals surface area contributed by atoms with Gasteiger partial charge in [-0.25, -0.2) is 0 Å². The molecule has 2 aliphatic rings. The minimum absolute atomic E-state index is 0.389. The van der Waals surface area contributed by atoms with Gasteiger partial charge < -0.3 is 19.6 Å². The smallest absolute Gasteiger partial charge is 0.112 e. The number of rotatable bonds is 2. The van der Waals surface area contributed by atoms with Crippen LogP contribution >= 0.6 is 0 Å². The number of allylic oxidation sites excluding steroid dienone is 2. The monoisotopic (exact) mass is 258 g/mol. The van der Waals surface area contributed by atoms with Gasteiger partial charge in [-0.15, -0.1) is 0 Å². The lowest BCUT2D eigenvalue weighted by atomic mass is 10.2. The predicted octanol–water partition coefficient (Wildman–Crippen LogP) is 2.30. The number of anilines is 2. The summed E-state index contributed by atoms with van der Waals surface area (Å²) in [4.78, 5) is 4.36. The van der Waals surface area contributed by atoms with Crippen molar-refractivity contribution in [2.75, 3.05) is 42.6 Å². The van der Waals surface area contributed by atoms with Gasteiger partial charge in [0.05, 0.1) is 19.8 Å². The molecule has 0 bridgehead atoms. The van der Waals surface area contributed by atoms with Crippen LogP contribution < -0.4 is 9.80 Å². The Balaban J connectivity index is 1.72. The van der Waals surface area contributed by atoms with Crippen LogP contribution in [0.2, 0.25) is 0 Å². The minimum Gasteiger partial charge on any atom is -0.510 e. The highest BCUT2D eigenvalue weighted by atomic mass is 16.5. The zero-order valence-electron chi connectivity index (χ0n) is 10.8. The molecule has 0 aromatic heterocycles. The van der Waals surface area contributed by atoms with Gasteiger partial charge in [-0.2, -0.15) is 0 Å². The van der Waals surface area contributed by atoms with Gasteiger partial charge in [0.25, 0.3) is 0 Å². The molecule has 0 amide bonds. The van der Waals surface area contributed by atoms with Gasteiger partial charge >= 0.3 is 0 Å². The Morgan fingerprint density at radius 1 is 1.00 bits per heavy atom. The van der Waals surface area contributed by atoms with Crippen LogP contribution in [-0.4, -0.2) is 38.0 Å². The van der Waals surface area contributed by atoms with E-state index in [1.807, 2.05) is 17.2 Å². The van der Waals surface area contributed by atoms with E-state index in [9.17, 15) is 5.11 Å². The largest absolute Gasteiger partial charge is 0.510 e. The second kappa shape index (κ2) is 5.36. The topological polar surface area (TPSA) is 35.9 Å². The Hall–Kier alpha value is -1.94. The fraction of sp³-hybridized carbons (Fsp3) is 0.333. The molecule has 1 aromatic rings. The number of ether oxygens (including phenoxy) is 1. The molecule has 0 atom stereocenters. The van der Waals surface area contributed by atoms with E-state index in [2.05, 4.69) is 29.2 Å². The van der Waals surface area contributed by atoms with E-state index in [1.54, 1.807) is 6.08 Å². The highest BCUT2D eigenvalue weighted by Gasteiger charge is 2.12. The van der Waals surface area contributed by atoms with Crippen molar-refractivity contribution in [3.8, 4) is 0 Å². The first-order chi connectivity index (χ1) is 9.33. The Morgan fingerprint density at radius 2 is 1.68 bits per heavy atom.